The van der Waals surface area contributed by atoms with Gasteiger partial charge in [-0.05, 0) is 98.6 Å². The molecule has 1 saturated heterocycles. The molecule has 1 aliphatic heterocycles. The van der Waals surface area contributed by atoms with Crippen LogP contribution in [0.5, 0.6) is 5.75 Å². The number of ether oxygens (including phenoxy) is 3. The van der Waals surface area contributed by atoms with Crippen LogP contribution in [0, 0.1) is 5.92 Å². The molecule has 4 atom stereocenters. The monoisotopic (exact) mass is 700 g/mol. The van der Waals surface area contributed by atoms with Crippen LogP contribution in [0.3, 0.4) is 0 Å². The van der Waals surface area contributed by atoms with Crippen LogP contribution < -0.4 is 26.4 Å². The van der Waals surface area contributed by atoms with Crippen molar-refractivity contribution in [3.8, 4) is 5.75 Å². The summed E-state index contributed by atoms with van der Waals surface area (Å²) in [5.74, 6) is -0.195. The first-order chi connectivity index (χ1) is 23.4. The molecule has 14 heteroatoms. The molecule has 1 aromatic carbocycles. The predicted molar refractivity (Wildman–Crippen MR) is 188 cm³/mol. The number of hydrogen-bond donors (Lipinski definition) is 4. The Morgan fingerprint density at radius 1 is 0.940 bits per heavy atom. The van der Waals surface area contributed by atoms with Gasteiger partial charge in [0, 0.05) is 25.4 Å². The number of amides is 5. The van der Waals surface area contributed by atoms with Gasteiger partial charge >= 0.3 is 12.2 Å². The second-order valence-electron chi connectivity index (χ2n) is 15.2. The van der Waals surface area contributed by atoms with Gasteiger partial charge in [0.1, 0.15) is 17.0 Å². The molecule has 1 saturated carbocycles. The zero-order valence-corrected chi connectivity index (χ0v) is 30.6. The molecule has 5 amide bonds. The second-order valence-corrected chi connectivity index (χ2v) is 15.2. The average molecular weight is 701 g/mol. The molecule has 5 N–H and O–H groups in total. The molecule has 278 valence electrons. The minimum absolute atomic E-state index is 0.0349. The third kappa shape index (κ3) is 12.8. The molecule has 1 aliphatic carbocycles. The third-order valence-corrected chi connectivity index (χ3v) is 8.43. The summed E-state index contributed by atoms with van der Waals surface area (Å²) in [6.45, 7) is 12.1. The summed E-state index contributed by atoms with van der Waals surface area (Å²) in [7, 11) is 0. The van der Waals surface area contributed by atoms with E-state index in [2.05, 4.69) is 20.9 Å². The van der Waals surface area contributed by atoms with Crippen molar-refractivity contribution in [3.05, 3.63) is 30.3 Å². The minimum atomic E-state index is -1.17. The Bertz CT molecular complexity index is 1370. The van der Waals surface area contributed by atoms with E-state index in [4.69, 9.17) is 19.9 Å². The van der Waals surface area contributed by atoms with Gasteiger partial charge in [-0.2, -0.15) is 0 Å². The number of carbonyl (C=O) groups excluding carboxylic acids is 5. The maximum Gasteiger partial charge on any atom is 0.437 e. The lowest BCUT2D eigenvalue weighted by atomic mass is 9.81. The van der Waals surface area contributed by atoms with Gasteiger partial charge in [-0.25, -0.2) is 14.5 Å². The van der Waals surface area contributed by atoms with Gasteiger partial charge in [-0.15, -0.1) is 4.99 Å². The minimum Gasteiger partial charge on any atom is -0.468 e. The maximum absolute atomic E-state index is 13.0. The average Bonchev–Trinajstić information content (AvgIpc) is 3.00. The molecule has 50 heavy (non-hydrogen) atoms. The zero-order valence-electron chi connectivity index (χ0n) is 30.6. The first-order valence-electron chi connectivity index (χ1n) is 17.6. The van der Waals surface area contributed by atoms with E-state index in [1.54, 1.807) is 60.6 Å². The fourth-order valence-electron chi connectivity index (χ4n) is 5.84. The SMILES string of the molecule is CC(C)(C)OC(=O)N=C(N)N(CCCCCC(=O)N[C@H]1CCCCC1CCC(=O)N[C@]1(C)C(=O)N[C@H]1Oc1ccccc1)C(=O)OC(C)(C)C. The van der Waals surface area contributed by atoms with E-state index in [-0.39, 0.29) is 48.6 Å². The molecular weight excluding hydrogens is 644 g/mol. The molecule has 1 heterocycles. The van der Waals surface area contributed by atoms with E-state index < -0.39 is 35.2 Å². The van der Waals surface area contributed by atoms with Crippen LogP contribution in [-0.2, 0) is 23.9 Å². The number of guanidine groups is 1. The lowest BCUT2D eigenvalue weighted by Gasteiger charge is -2.45. The van der Waals surface area contributed by atoms with E-state index in [9.17, 15) is 24.0 Å². The Kier molecular flexibility index (Phi) is 14.0. The number of unbranched alkanes of at least 4 members (excludes halogenated alkanes) is 2. The van der Waals surface area contributed by atoms with Crippen molar-refractivity contribution in [2.75, 3.05) is 6.54 Å². The molecule has 3 rings (SSSR count). The van der Waals surface area contributed by atoms with Gasteiger partial charge in [0.2, 0.25) is 24.0 Å². The summed E-state index contributed by atoms with van der Waals surface area (Å²) in [6, 6.07) is 9.06. The quantitative estimate of drug-likeness (QED) is 0.0960. The molecule has 14 nitrogen and oxygen atoms in total. The number of aliphatic imine (C=N–C) groups is 1. The van der Waals surface area contributed by atoms with Crippen molar-refractivity contribution in [2.45, 2.75) is 142 Å². The number of benzene rings is 1. The van der Waals surface area contributed by atoms with Crippen molar-refractivity contribution in [1.82, 2.24) is 20.9 Å². The van der Waals surface area contributed by atoms with Gasteiger partial charge in [0.25, 0.3) is 5.91 Å². The van der Waals surface area contributed by atoms with Crippen LogP contribution in [0.4, 0.5) is 9.59 Å². The van der Waals surface area contributed by atoms with E-state index in [0.717, 1.165) is 30.6 Å². The fourth-order valence-corrected chi connectivity index (χ4v) is 5.84. The number of nitrogens with zero attached hydrogens (tertiary/aromatic N) is 2. The summed E-state index contributed by atoms with van der Waals surface area (Å²) in [5, 5.41) is 8.75. The Morgan fingerprint density at radius 3 is 2.24 bits per heavy atom. The van der Waals surface area contributed by atoms with Gasteiger partial charge < -0.3 is 35.9 Å². The van der Waals surface area contributed by atoms with Crippen molar-refractivity contribution in [1.29, 1.82) is 0 Å². The number of nitrogens with one attached hydrogen (secondary N) is 3. The highest BCUT2D eigenvalue weighted by Crippen LogP contribution is 2.29. The predicted octanol–water partition coefficient (Wildman–Crippen LogP) is 4.90. The van der Waals surface area contributed by atoms with Crippen LogP contribution in [-0.4, -0.2) is 76.3 Å². The first kappa shape index (κ1) is 40.1. The summed E-state index contributed by atoms with van der Waals surface area (Å²) < 4.78 is 16.5. The molecule has 2 aliphatic rings. The molecular formula is C36H56N6O8. The standard InChI is InChI=1S/C36H56N6O8/c1-34(2,3)49-32(46)40-31(37)42(33(47)50-35(4,5)6)23-15-9-12-20-27(43)38-26-19-14-13-16-24(26)21-22-28(44)41-36(7)29(45)39-30(36)48-25-17-10-8-11-18-25/h8,10-11,17-18,24,26,30H,9,12-16,19-23H2,1-7H3,(H,38,43)(H,39,45)(H,41,44)(H2,37,40,46)/t24?,26-,30-,36+/m0/s1. The highest BCUT2D eigenvalue weighted by atomic mass is 16.6. The Balaban J connectivity index is 1.44. The largest absolute Gasteiger partial charge is 0.468 e. The smallest absolute Gasteiger partial charge is 0.437 e. The van der Waals surface area contributed by atoms with Gasteiger partial charge in [0.15, 0.2) is 5.54 Å². The molecule has 1 aromatic rings. The van der Waals surface area contributed by atoms with E-state index >= 15 is 0 Å². The van der Waals surface area contributed by atoms with Crippen LogP contribution in [0.2, 0.25) is 0 Å². The van der Waals surface area contributed by atoms with Gasteiger partial charge in [-0.1, -0.05) is 37.5 Å². The van der Waals surface area contributed by atoms with Gasteiger partial charge in [-0.3, -0.25) is 14.4 Å². The Morgan fingerprint density at radius 2 is 1.60 bits per heavy atom. The summed E-state index contributed by atoms with van der Waals surface area (Å²) >= 11 is 0. The first-order valence-corrected chi connectivity index (χ1v) is 17.6. The number of hydrogen-bond acceptors (Lipinski definition) is 8. The lowest BCUT2D eigenvalue weighted by molar-refractivity contribution is -0.153. The summed E-state index contributed by atoms with van der Waals surface area (Å²) in [5.41, 5.74) is 3.29. The van der Waals surface area contributed by atoms with Crippen molar-refractivity contribution < 1.29 is 38.2 Å². The summed E-state index contributed by atoms with van der Waals surface area (Å²) in [6.07, 6.45) is 4.24. The Labute approximate surface area is 295 Å². The fraction of sp³-hybridized carbons (Fsp3) is 0.667. The number of rotatable bonds is 13. The third-order valence-electron chi connectivity index (χ3n) is 8.43. The highest BCUT2D eigenvalue weighted by Gasteiger charge is 2.54. The van der Waals surface area contributed by atoms with Crippen molar-refractivity contribution in [2.24, 2.45) is 16.6 Å². The molecule has 0 aromatic heterocycles. The lowest BCUT2D eigenvalue weighted by Crippen LogP contribution is -2.79. The molecule has 1 unspecified atom stereocenters. The number of para-hydroxylation sites is 1. The van der Waals surface area contributed by atoms with Gasteiger partial charge in [0.05, 0.1) is 0 Å². The van der Waals surface area contributed by atoms with Crippen LogP contribution >= 0.6 is 0 Å². The van der Waals surface area contributed by atoms with Crippen LogP contribution in [0.1, 0.15) is 113 Å². The molecule has 0 spiro atoms. The van der Waals surface area contributed by atoms with Crippen LogP contribution in [0.25, 0.3) is 0 Å². The molecule has 0 radical (unpaired) electrons. The van der Waals surface area contributed by atoms with Crippen molar-refractivity contribution >= 4 is 35.9 Å². The zero-order chi connectivity index (χ0) is 37.1. The van der Waals surface area contributed by atoms with Crippen LogP contribution in [0.15, 0.2) is 35.3 Å². The number of β-lactam (4-membered cyclic amide) rings is 1. The normalized spacial score (nSPS) is 22.3. The topological polar surface area (TPSA) is 191 Å². The van der Waals surface area contributed by atoms with Crippen molar-refractivity contribution in [3.63, 3.8) is 0 Å². The number of nitrogens with two attached hydrogens (primary N) is 1. The number of carbonyl (C=O) groups is 5. The second kappa shape index (κ2) is 17.5. The van der Waals surface area contributed by atoms with E-state index in [0.29, 0.717) is 37.9 Å². The van der Waals surface area contributed by atoms with E-state index in [1.807, 2.05) is 18.2 Å². The highest BCUT2D eigenvalue weighted by molar-refractivity contribution is 5.98. The Hall–Kier alpha value is -4.36. The van der Waals surface area contributed by atoms with E-state index in [1.165, 1.54) is 0 Å². The maximum atomic E-state index is 13.0. The summed E-state index contributed by atoms with van der Waals surface area (Å²) in [4.78, 5) is 68.2. The molecule has 2 fully saturated rings. The molecule has 0 bridgehead atoms.